The average Bonchev–Trinajstić information content (AvgIpc) is 2.07. The number of benzene rings is 1. The number of aromatic nitrogens is 1. The third-order valence-electron chi connectivity index (χ3n) is 1.81. The molecule has 0 saturated carbocycles. The van der Waals surface area contributed by atoms with Crippen molar-refractivity contribution in [3.63, 3.8) is 0 Å². The van der Waals surface area contributed by atoms with E-state index in [2.05, 4.69) is 4.98 Å². The van der Waals surface area contributed by atoms with Crippen LogP contribution in [0.2, 0.25) is 5.02 Å². The van der Waals surface area contributed by atoms with Gasteiger partial charge in [0.15, 0.2) is 0 Å². The van der Waals surface area contributed by atoms with Crippen molar-refractivity contribution in [3.05, 3.63) is 41.0 Å². The molecule has 2 aromatic rings. The SMILES string of the molecule is Cc1ccc2cccc(Cl)c2n1.Cl. The van der Waals surface area contributed by atoms with Crippen molar-refractivity contribution >= 4 is 34.9 Å². The lowest BCUT2D eigenvalue weighted by Gasteiger charge is -1.99. The molecule has 3 heteroatoms. The molecule has 0 atom stereocenters. The van der Waals surface area contributed by atoms with Crippen LogP contribution in [0.25, 0.3) is 10.9 Å². The molecule has 0 aliphatic carbocycles. The lowest BCUT2D eigenvalue weighted by Crippen LogP contribution is -1.82. The zero-order valence-corrected chi connectivity index (χ0v) is 8.69. The Labute approximate surface area is 88.2 Å². The fourth-order valence-electron chi connectivity index (χ4n) is 1.21. The Morgan fingerprint density at radius 3 is 2.69 bits per heavy atom. The summed E-state index contributed by atoms with van der Waals surface area (Å²) in [4.78, 5) is 4.34. The maximum Gasteiger partial charge on any atom is 0.0891 e. The fourth-order valence-corrected chi connectivity index (χ4v) is 1.43. The minimum atomic E-state index is 0. The maximum absolute atomic E-state index is 5.97. The van der Waals surface area contributed by atoms with E-state index in [0.717, 1.165) is 21.6 Å². The largest absolute Gasteiger partial charge is 0.252 e. The Morgan fingerprint density at radius 2 is 1.92 bits per heavy atom. The van der Waals surface area contributed by atoms with Crippen LogP contribution in [0, 0.1) is 6.92 Å². The van der Waals surface area contributed by atoms with Crippen molar-refractivity contribution in [2.75, 3.05) is 0 Å². The van der Waals surface area contributed by atoms with Crippen molar-refractivity contribution in [3.8, 4) is 0 Å². The van der Waals surface area contributed by atoms with Gasteiger partial charge in [0.1, 0.15) is 0 Å². The molecule has 1 aromatic carbocycles. The monoisotopic (exact) mass is 213 g/mol. The van der Waals surface area contributed by atoms with Crippen LogP contribution in [0.5, 0.6) is 0 Å². The second-order valence-corrected chi connectivity index (χ2v) is 3.17. The predicted molar refractivity (Wildman–Crippen MR) is 58.7 cm³/mol. The van der Waals surface area contributed by atoms with E-state index in [0.29, 0.717) is 0 Å². The number of hydrogen-bond donors (Lipinski definition) is 0. The van der Waals surface area contributed by atoms with Gasteiger partial charge in [-0.3, -0.25) is 4.98 Å². The topological polar surface area (TPSA) is 12.9 Å². The van der Waals surface area contributed by atoms with Gasteiger partial charge in [-0.2, -0.15) is 0 Å². The number of fused-ring (bicyclic) bond motifs is 1. The molecule has 0 saturated heterocycles. The van der Waals surface area contributed by atoms with Crippen LogP contribution in [0.1, 0.15) is 5.69 Å². The highest BCUT2D eigenvalue weighted by molar-refractivity contribution is 6.35. The molecule has 0 amide bonds. The van der Waals surface area contributed by atoms with Crippen molar-refractivity contribution in [2.24, 2.45) is 0 Å². The Balaban J connectivity index is 0.000000845. The number of rotatable bonds is 0. The van der Waals surface area contributed by atoms with Crippen LogP contribution in [0.3, 0.4) is 0 Å². The van der Waals surface area contributed by atoms with Crippen LogP contribution >= 0.6 is 24.0 Å². The Kier molecular flexibility index (Phi) is 3.12. The molecule has 2 rings (SSSR count). The molecule has 0 fully saturated rings. The van der Waals surface area contributed by atoms with Gasteiger partial charge in [-0.05, 0) is 19.1 Å². The number of nitrogens with zero attached hydrogens (tertiary/aromatic N) is 1. The molecule has 68 valence electrons. The van der Waals surface area contributed by atoms with E-state index in [1.165, 1.54) is 0 Å². The summed E-state index contributed by atoms with van der Waals surface area (Å²) in [6.07, 6.45) is 0. The number of hydrogen-bond acceptors (Lipinski definition) is 1. The molecular formula is C10H9Cl2N. The van der Waals surface area contributed by atoms with Crippen molar-refractivity contribution in [1.29, 1.82) is 0 Å². The smallest absolute Gasteiger partial charge is 0.0891 e. The van der Waals surface area contributed by atoms with Crippen molar-refractivity contribution in [1.82, 2.24) is 4.98 Å². The summed E-state index contributed by atoms with van der Waals surface area (Å²) in [7, 11) is 0. The minimum Gasteiger partial charge on any atom is -0.252 e. The summed E-state index contributed by atoms with van der Waals surface area (Å²) in [6.45, 7) is 1.96. The Hall–Kier alpha value is -0.790. The first-order valence-electron chi connectivity index (χ1n) is 3.79. The van der Waals surface area contributed by atoms with Gasteiger partial charge in [-0.1, -0.05) is 29.8 Å². The van der Waals surface area contributed by atoms with Crippen molar-refractivity contribution in [2.45, 2.75) is 6.92 Å². The van der Waals surface area contributed by atoms with Crippen molar-refractivity contribution < 1.29 is 0 Å². The average molecular weight is 214 g/mol. The lowest BCUT2D eigenvalue weighted by atomic mass is 10.2. The highest BCUT2D eigenvalue weighted by atomic mass is 35.5. The van der Waals surface area contributed by atoms with E-state index >= 15 is 0 Å². The molecule has 1 heterocycles. The van der Waals surface area contributed by atoms with E-state index in [9.17, 15) is 0 Å². The first-order valence-corrected chi connectivity index (χ1v) is 4.17. The quantitative estimate of drug-likeness (QED) is 0.652. The molecule has 1 nitrogen and oxygen atoms in total. The molecule has 0 bridgehead atoms. The van der Waals surface area contributed by atoms with Crippen LogP contribution in [0.4, 0.5) is 0 Å². The Morgan fingerprint density at radius 1 is 1.15 bits per heavy atom. The molecule has 0 spiro atoms. The molecule has 0 N–H and O–H groups in total. The second kappa shape index (κ2) is 3.95. The van der Waals surface area contributed by atoms with Gasteiger partial charge in [0.25, 0.3) is 0 Å². The summed E-state index contributed by atoms with van der Waals surface area (Å²) in [5.74, 6) is 0. The first kappa shape index (κ1) is 10.3. The summed E-state index contributed by atoms with van der Waals surface area (Å²) in [5.41, 5.74) is 1.88. The van der Waals surface area contributed by atoms with E-state index < -0.39 is 0 Å². The molecule has 1 aromatic heterocycles. The van der Waals surface area contributed by atoms with Crippen LogP contribution in [-0.2, 0) is 0 Å². The number of aryl methyl sites for hydroxylation is 1. The van der Waals surface area contributed by atoms with Crippen LogP contribution in [0.15, 0.2) is 30.3 Å². The molecule has 0 aliphatic rings. The first-order chi connectivity index (χ1) is 5.77. The van der Waals surface area contributed by atoms with Gasteiger partial charge < -0.3 is 0 Å². The molecule has 0 aliphatic heterocycles. The minimum absolute atomic E-state index is 0. The zero-order chi connectivity index (χ0) is 8.55. The predicted octanol–water partition coefficient (Wildman–Crippen LogP) is 3.62. The molecule has 13 heavy (non-hydrogen) atoms. The summed E-state index contributed by atoms with van der Waals surface area (Å²) >= 11 is 5.97. The van der Waals surface area contributed by atoms with Gasteiger partial charge in [0.2, 0.25) is 0 Å². The Bertz CT molecular complexity index is 426. The molecule has 0 unspecified atom stereocenters. The van der Waals surface area contributed by atoms with Gasteiger partial charge in [0, 0.05) is 11.1 Å². The van der Waals surface area contributed by atoms with E-state index in [-0.39, 0.29) is 12.4 Å². The van der Waals surface area contributed by atoms with Gasteiger partial charge >= 0.3 is 0 Å². The van der Waals surface area contributed by atoms with E-state index in [4.69, 9.17) is 11.6 Å². The summed E-state index contributed by atoms with van der Waals surface area (Å²) in [6, 6.07) is 9.81. The molecular weight excluding hydrogens is 205 g/mol. The van der Waals surface area contributed by atoms with Crippen LogP contribution < -0.4 is 0 Å². The number of para-hydroxylation sites is 1. The highest BCUT2D eigenvalue weighted by Gasteiger charge is 1.98. The maximum atomic E-state index is 5.97. The van der Waals surface area contributed by atoms with Crippen LogP contribution in [-0.4, -0.2) is 4.98 Å². The van der Waals surface area contributed by atoms with Gasteiger partial charge in [0.05, 0.1) is 10.5 Å². The number of pyridine rings is 1. The second-order valence-electron chi connectivity index (χ2n) is 2.76. The third-order valence-corrected chi connectivity index (χ3v) is 2.12. The zero-order valence-electron chi connectivity index (χ0n) is 7.12. The van der Waals surface area contributed by atoms with Gasteiger partial charge in [-0.15, -0.1) is 12.4 Å². The third kappa shape index (κ3) is 1.93. The fraction of sp³-hybridized carbons (Fsp3) is 0.100. The van der Waals surface area contributed by atoms with Gasteiger partial charge in [-0.25, -0.2) is 0 Å². The summed E-state index contributed by atoms with van der Waals surface area (Å²) < 4.78 is 0. The van der Waals surface area contributed by atoms with E-state index in [1.54, 1.807) is 0 Å². The molecule has 0 radical (unpaired) electrons. The highest BCUT2D eigenvalue weighted by Crippen LogP contribution is 2.20. The summed E-state index contributed by atoms with van der Waals surface area (Å²) in [5, 5.41) is 1.81. The normalized spacial score (nSPS) is 9.69. The lowest BCUT2D eigenvalue weighted by molar-refractivity contribution is 1.26. The van der Waals surface area contributed by atoms with E-state index in [1.807, 2.05) is 37.3 Å². The standard InChI is InChI=1S/C10H8ClN.ClH/c1-7-5-6-8-3-2-4-9(11)10(8)12-7;/h2-6H,1H3;1H. The number of halogens is 2.